The van der Waals surface area contributed by atoms with Gasteiger partial charge in [0, 0.05) is 19.5 Å². The number of hydrogen-bond donors (Lipinski definition) is 1. The van der Waals surface area contributed by atoms with E-state index in [9.17, 15) is 9.59 Å². The van der Waals surface area contributed by atoms with Crippen molar-refractivity contribution in [2.75, 3.05) is 13.1 Å². The van der Waals surface area contributed by atoms with Crippen molar-refractivity contribution in [1.82, 2.24) is 10.2 Å². The third-order valence-electron chi connectivity index (χ3n) is 3.49. The van der Waals surface area contributed by atoms with Gasteiger partial charge in [0.1, 0.15) is 6.04 Å². The molecule has 2 amide bonds. The van der Waals surface area contributed by atoms with E-state index in [0.717, 1.165) is 19.4 Å². The number of carbonyl (C=O) groups is 2. The number of carbonyl (C=O) groups excluding carboxylic acids is 2. The third kappa shape index (κ3) is 4.31. The summed E-state index contributed by atoms with van der Waals surface area (Å²) in [5.74, 6) is 0.986. The summed E-state index contributed by atoms with van der Waals surface area (Å²) < 4.78 is 0. The van der Waals surface area contributed by atoms with Crippen LogP contribution in [0.25, 0.3) is 0 Å². The number of rotatable bonds is 5. The molecule has 18 heavy (non-hydrogen) atoms. The van der Waals surface area contributed by atoms with Gasteiger partial charge in [-0.3, -0.25) is 9.59 Å². The van der Waals surface area contributed by atoms with E-state index < -0.39 is 0 Å². The number of amides is 2. The molecule has 0 saturated carbocycles. The van der Waals surface area contributed by atoms with E-state index in [4.69, 9.17) is 0 Å². The van der Waals surface area contributed by atoms with Gasteiger partial charge in [-0.1, -0.05) is 34.1 Å². The summed E-state index contributed by atoms with van der Waals surface area (Å²) in [7, 11) is 0. The first kappa shape index (κ1) is 15.0. The maximum Gasteiger partial charge on any atom is 0.245 e. The Kier molecular flexibility index (Phi) is 5.63. The van der Waals surface area contributed by atoms with Gasteiger partial charge >= 0.3 is 0 Å². The summed E-state index contributed by atoms with van der Waals surface area (Å²) in [5, 5.41) is 2.85. The van der Waals surface area contributed by atoms with E-state index in [-0.39, 0.29) is 17.9 Å². The smallest absolute Gasteiger partial charge is 0.245 e. The van der Waals surface area contributed by atoms with Crippen molar-refractivity contribution < 1.29 is 9.59 Å². The molecule has 4 nitrogen and oxygen atoms in total. The molecule has 0 aromatic rings. The predicted octanol–water partition coefficient (Wildman–Crippen LogP) is 1.80. The molecule has 0 aromatic carbocycles. The van der Waals surface area contributed by atoms with Crippen LogP contribution < -0.4 is 5.32 Å². The highest BCUT2D eigenvalue weighted by Crippen LogP contribution is 2.14. The fourth-order valence-corrected chi connectivity index (χ4v) is 2.21. The van der Waals surface area contributed by atoms with Gasteiger partial charge in [-0.15, -0.1) is 0 Å². The summed E-state index contributed by atoms with van der Waals surface area (Å²) in [5.41, 5.74) is 0. The molecule has 2 atom stereocenters. The molecule has 1 rings (SSSR count). The molecule has 1 fully saturated rings. The van der Waals surface area contributed by atoms with Crippen LogP contribution in [0.5, 0.6) is 0 Å². The Morgan fingerprint density at radius 1 is 1.33 bits per heavy atom. The number of nitrogens with one attached hydrogen (secondary N) is 1. The zero-order valence-corrected chi connectivity index (χ0v) is 12.0. The SMILES string of the molecule is CCC(C)CN1CCC(=O)NC(CC(C)C)C1=O. The maximum absolute atomic E-state index is 12.4. The van der Waals surface area contributed by atoms with Crippen LogP contribution in [0.1, 0.15) is 47.0 Å². The molecule has 0 aliphatic carbocycles. The van der Waals surface area contributed by atoms with Crippen LogP contribution in [0.2, 0.25) is 0 Å². The Morgan fingerprint density at radius 3 is 2.56 bits per heavy atom. The molecule has 0 radical (unpaired) electrons. The van der Waals surface area contributed by atoms with Gasteiger partial charge in [-0.05, 0) is 18.3 Å². The summed E-state index contributed by atoms with van der Waals surface area (Å²) in [6.07, 6.45) is 2.21. The predicted molar refractivity (Wildman–Crippen MR) is 72.0 cm³/mol. The van der Waals surface area contributed by atoms with E-state index >= 15 is 0 Å². The van der Waals surface area contributed by atoms with Crippen LogP contribution in [0, 0.1) is 11.8 Å². The standard InChI is InChI=1S/C14H26N2O2/c1-5-11(4)9-16-7-6-13(17)15-12(14(16)18)8-10(2)3/h10-12H,5-9H2,1-4H3,(H,15,17). The van der Waals surface area contributed by atoms with Gasteiger partial charge in [-0.25, -0.2) is 0 Å². The van der Waals surface area contributed by atoms with Gasteiger partial charge in [0.05, 0.1) is 0 Å². The van der Waals surface area contributed by atoms with Crippen molar-refractivity contribution in [3.05, 3.63) is 0 Å². The third-order valence-corrected chi connectivity index (χ3v) is 3.49. The van der Waals surface area contributed by atoms with E-state index in [2.05, 4.69) is 33.0 Å². The molecular weight excluding hydrogens is 228 g/mol. The zero-order chi connectivity index (χ0) is 13.7. The van der Waals surface area contributed by atoms with Crippen molar-refractivity contribution >= 4 is 11.8 Å². The average molecular weight is 254 g/mol. The minimum absolute atomic E-state index is 0.000603. The topological polar surface area (TPSA) is 49.4 Å². The number of nitrogens with zero attached hydrogens (tertiary/aromatic N) is 1. The Morgan fingerprint density at radius 2 is 2.00 bits per heavy atom. The highest BCUT2D eigenvalue weighted by Gasteiger charge is 2.30. The summed E-state index contributed by atoms with van der Waals surface area (Å²) >= 11 is 0. The lowest BCUT2D eigenvalue weighted by atomic mass is 10.0. The van der Waals surface area contributed by atoms with Crippen LogP contribution >= 0.6 is 0 Å². The largest absolute Gasteiger partial charge is 0.344 e. The normalized spacial score (nSPS) is 22.9. The van der Waals surface area contributed by atoms with Gasteiger partial charge in [-0.2, -0.15) is 0 Å². The van der Waals surface area contributed by atoms with Crippen LogP contribution in [0.3, 0.4) is 0 Å². The Bertz CT molecular complexity index is 302. The monoisotopic (exact) mass is 254 g/mol. The molecule has 0 aromatic heterocycles. The molecule has 4 heteroatoms. The van der Waals surface area contributed by atoms with Crippen molar-refractivity contribution in [3.63, 3.8) is 0 Å². The molecule has 1 aliphatic rings. The second kappa shape index (κ2) is 6.76. The van der Waals surface area contributed by atoms with Crippen LogP contribution in [-0.4, -0.2) is 35.8 Å². The maximum atomic E-state index is 12.4. The van der Waals surface area contributed by atoms with Gasteiger partial charge < -0.3 is 10.2 Å². The molecule has 1 heterocycles. The van der Waals surface area contributed by atoms with Gasteiger partial charge in [0.2, 0.25) is 11.8 Å². The molecular formula is C14H26N2O2. The summed E-state index contributed by atoms with van der Waals surface area (Å²) in [6, 6.07) is -0.330. The fourth-order valence-electron chi connectivity index (χ4n) is 2.21. The first-order chi connectivity index (χ1) is 8.43. The van der Waals surface area contributed by atoms with Crippen LogP contribution in [0.4, 0.5) is 0 Å². The lowest BCUT2D eigenvalue weighted by Crippen LogP contribution is -2.46. The minimum atomic E-state index is -0.330. The van der Waals surface area contributed by atoms with Gasteiger partial charge in [0.15, 0.2) is 0 Å². The lowest BCUT2D eigenvalue weighted by Gasteiger charge is -2.27. The fraction of sp³-hybridized carbons (Fsp3) is 0.857. The van der Waals surface area contributed by atoms with Crippen molar-refractivity contribution in [1.29, 1.82) is 0 Å². The van der Waals surface area contributed by atoms with E-state index in [1.807, 2.05) is 4.90 Å². The van der Waals surface area contributed by atoms with E-state index in [1.54, 1.807) is 0 Å². The van der Waals surface area contributed by atoms with Gasteiger partial charge in [0.25, 0.3) is 0 Å². The Labute approximate surface area is 110 Å². The molecule has 1 saturated heterocycles. The highest BCUT2D eigenvalue weighted by atomic mass is 16.2. The van der Waals surface area contributed by atoms with Crippen LogP contribution in [-0.2, 0) is 9.59 Å². The van der Waals surface area contributed by atoms with Crippen molar-refractivity contribution in [2.45, 2.75) is 53.0 Å². The second-order valence-corrected chi connectivity index (χ2v) is 5.80. The van der Waals surface area contributed by atoms with Crippen LogP contribution in [0.15, 0.2) is 0 Å². The minimum Gasteiger partial charge on any atom is -0.344 e. The first-order valence-corrected chi connectivity index (χ1v) is 7.02. The molecule has 1 aliphatic heterocycles. The highest BCUT2D eigenvalue weighted by molar-refractivity contribution is 5.89. The quantitative estimate of drug-likeness (QED) is 0.813. The molecule has 104 valence electrons. The van der Waals surface area contributed by atoms with Crippen molar-refractivity contribution in [2.24, 2.45) is 11.8 Å². The average Bonchev–Trinajstić information content (AvgIpc) is 2.42. The molecule has 1 N–H and O–H groups in total. The second-order valence-electron chi connectivity index (χ2n) is 5.80. The lowest BCUT2D eigenvalue weighted by molar-refractivity contribution is -0.134. The molecule has 2 unspecified atom stereocenters. The molecule has 0 bridgehead atoms. The molecule has 0 spiro atoms. The number of hydrogen-bond acceptors (Lipinski definition) is 2. The first-order valence-electron chi connectivity index (χ1n) is 7.02. The Balaban J connectivity index is 2.72. The summed E-state index contributed by atoms with van der Waals surface area (Å²) in [4.78, 5) is 25.9. The Hall–Kier alpha value is -1.06. The van der Waals surface area contributed by atoms with Crippen molar-refractivity contribution in [3.8, 4) is 0 Å². The summed E-state index contributed by atoms with van der Waals surface area (Å²) in [6.45, 7) is 9.74. The zero-order valence-electron chi connectivity index (χ0n) is 12.0. The van der Waals surface area contributed by atoms with E-state index in [1.165, 1.54) is 0 Å². The van der Waals surface area contributed by atoms with E-state index in [0.29, 0.717) is 24.8 Å².